The maximum Gasteiger partial charge on any atom is 0.319 e. The molecule has 4 rings (SSSR count). The Balaban J connectivity index is 1.30. The van der Waals surface area contributed by atoms with Crippen molar-refractivity contribution in [2.24, 2.45) is 0 Å². The van der Waals surface area contributed by atoms with Gasteiger partial charge in [-0.15, -0.1) is 5.10 Å². The topological polar surface area (TPSA) is 70.2 Å². The zero-order valence-corrected chi connectivity index (χ0v) is 15.9. The standard InChI is InChI=1S/C21H27N5O/c1-15-6-2-4-8-18(15)23-21(27)22-17-10-12-26(13-11-17)20-14-16-7-3-5-9-19(16)24-25-20/h2,4,6,8,14,17H,3,5,7,9-13H2,1H3,(H2,22,23,27). The summed E-state index contributed by atoms with van der Waals surface area (Å²) in [4.78, 5) is 14.6. The van der Waals surface area contributed by atoms with Crippen LogP contribution in [0.1, 0.15) is 42.5 Å². The van der Waals surface area contributed by atoms with Crippen molar-refractivity contribution in [3.05, 3.63) is 47.2 Å². The number of aryl methyl sites for hydroxylation is 3. The van der Waals surface area contributed by atoms with E-state index in [-0.39, 0.29) is 12.1 Å². The van der Waals surface area contributed by atoms with Crippen molar-refractivity contribution in [2.75, 3.05) is 23.3 Å². The van der Waals surface area contributed by atoms with Crippen molar-refractivity contribution in [2.45, 2.75) is 51.5 Å². The number of anilines is 2. The molecule has 2 aromatic rings. The van der Waals surface area contributed by atoms with Crippen LogP contribution in [0.3, 0.4) is 0 Å². The van der Waals surface area contributed by atoms with E-state index in [0.717, 1.165) is 55.8 Å². The third kappa shape index (κ3) is 4.21. The molecule has 0 atom stereocenters. The summed E-state index contributed by atoms with van der Waals surface area (Å²) in [6, 6.07) is 10.1. The van der Waals surface area contributed by atoms with Gasteiger partial charge in [0.25, 0.3) is 0 Å². The minimum Gasteiger partial charge on any atom is -0.355 e. The van der Waals surface area contributed by atoms with E-state index in [9.17, 15) is 4.79 Å². The molecule has 27 heavy (non-hydrogen) atoms. The van der Waals surface area contributed by atoms with E-state index in [2.05, 4.69) is 31.8 Å². The molecular formula is C21H27N5O. The van der Waals surface area contributed by atoms with Gasteiger partial charge in [0, 0.05) is 24.8 Å². The molecule has 6 nitrogen and oxygen atoms in total. The number of nitrogens with zero attached hydrogens (tertiary/aromatic N) is 3. The number of piperidine rings is 1. The first-order chi connectivity index (χ1) is 13.2. The van der Waals surface area contributed by atoms with Gasteiger partial charge < -0.3 is 15.5 Å². The molecule has 2 aliphatic rings. The number of rotatable bonds is 3. The molecule has 2 N–H and O–H groups in total. The van der Waals surface area contributed by atoms with Crippen LogP contribution < -0.4 is 15.5 Å². The molecule has 1 aliphatic carbocycles. The Labute approximate surface area is 160 Å². The summed E-state index contributed by atoms with van der Waals surface area (Å²) in [6.45, 7) is 3.78. The Morgan fingerprint density at radius 3 is 2.70 bits per heavy atom. The molecule has 1 aromatic carbocycles. The average Bonchev–Trinajstić information content (AvgIpc) is 2.70. The highest BCUT2D eigenvalue weighted by Crippen LogP contribution is 2.24. The maximum atomic E-state index is 12.3. The van der Waals surface area contributed by atoms with Gasteiger partial charge in [-0.05, 0) is 68.7 Å². The number of carbonyl (C=O) groups excluding carboxylic acids is 1. The fourth-order valence-corrected chi connectivity index (χ4v) is 3.94. The highest BCUT2D eigenvalue weighted by molar-refractivity contribution is 5.90. The van der Waals surface area contributed by atoms with Gasteiger partial charge in [-0.25, -0.2) is 4.79 Å². The highest BCUT2D eigenvalue weighted by atomic mass is 16.2. The van der Waals surface area contributed by atoms with Crippen LogP contribution in [0.15, 0.2) is 30.3 Å². The minimum absolute atomic E-state index is 0.128. The maximum absolute atomic E-state index is 12.3. The summed E-state index contributed by atoms with van der Waals surface area (Å²) in [7, 11) is 0. The molecule has 1 fully saturated rings. The van der Waals surface area contributed by atoms with Gasteiger partial charge in [-0.3, -0.25) is 0 Å². The number of nitrogens with one attached hydrogen (secondary N) is 2. The molecule has 6 heteroatoms. The van der Waals surface area contributed by atoms with Gasteiger partial charge >= 0.3 is 6.03 Å². The first-order valence-corrected chi connectivity index (χ1v) is 9.92. The van der Waals surface area contributed by atoms with Crippen LogP contribution in [0.2, 0.25) is 0 Å². The number of hydrogen-bond acceptors (Lipinski definition) is 4. The number of aromatic nitrogens is 2. The fourth-order valence-electron chi connectivity index (χ4n) is 3.94. The molecule has 0 spiro atoms. The summed E-state index contributed by atoms with van der Waals surface area (Å²) in [5.74, 6) is 0.985. The van der Waals surface area contributed by atoms with E-state index in [1.54, 1.807) is 0 Å². The lowest BCUT2D eigenvalue weighted by atomic mass is 9.96. The van der Waals surface area contributed by atoms with Crippen LogP contribution in [-0.4, -0.2) is 35.4 Å². The number of hydrogen-bond donors (Lipinski definition) is 2. The van der Waals surface area contributed by atoms with Crippen LogP contribution in [0.25, 0.3) is 0 Å². The average molecular weight is 365 g/mol. The lowest BCUT2D eigenvalue weighted by Crippen LogP contribution is -2.46. The SMILES string of the molecule is Cc1ccccc1NC(=O)NC1CCN(c2cc3c(nn2)CCCC3)CC1. The Kier molecular flexibility index (Phi) is 5.23. The molecule has 0 saturated carbocycles. The minimum atomic E-state index is -0.128. The number of amides is 2. The molecule has 1 saturated heterocycles. The van der Waals surface area contributed by atoms with E-state index in [1.165, 1.54) is 24.1 Å². The van der Waals surface area contributed by atoms with Crippen LogP contribution in [-0.2, 0) is 12.8 Å². The molecule has 142 valence electrons. The predicted molar refractivity (Wildman–Crippen MR) is 107 cm³/mol. The summed E-state index contributed by atoms with van der Waals surface area (Å²) in [6.07, 6.45) is 6.49. The molecule has 2 heterocycles. The second-order valence-corrected chi connectivity index (χ2v) is 7.56. The Bertz CT molecular complexity index is 814. The van der Waals surface area contributed by atoms with Gasteiger partial charge in [0.1, 0.15) is 0 Å². The van der Waals surface area contributed by atoms with Gasteiger partial charge in [-0.1, -0.05) is 18.2 Å². The van der Waals surface area contributed by atoms with Crippen LogP contribution >= 0.6 is 0 Å². The second-order valence-electron chi connectivity index (χ2n) is 7.56. The van der Waals surface area contributed by atoms with Crippen molar-refractivity contribution in [3.63, 3.8) is 0 Å². The number of carbonyl (C=O) groups is 1. The predicted octanol–water partition coefficient (Wildman–Crippen LogP) is 3.45. The molecular weight excluding hydrogens is 338 g/mol. The quantitative estimate of drug-likeness (QED) is 0.874. The monoisotopic (exact) mass is 365 g/mol. The third-order valence-electron chi connectivity index (χ3n) is 5.60. The van der Waals surface area contributed by atoms with Crippen LogP contribution in [0.4, 0.5) is 16.3 Å². The third-order valence-corrected chi connectivity index (χ3v) is 5.60. The summed E-state index contributed by atoms with van der Waals surface area (Å²) in [5, 5.41) is 14.9. The normalized spacial score (nSPS) is 17.3. The number of fused-ring (bicyclic) bond motifs is 1. The molecule has 0 radical (unpaired) electrons. The fraction of sp³-hybridized carbons (Fsp3) is 0.476. The number of benzene rings is 1. The Morgan fingerprint density at radius 2 is 1.89 bits per heavy atom. The van der Waals surface area contributed by atoms with Crippen molar-refractivity contribution >= 4 is 17.5 Å². The summed E-state index contributed by atoms with van der Waals surface area (Å²) < 4.78 is 0. The smallest absolute Gasteiger partial charge is 0.319 e. The van der Waals surface area contributed by atoms with Gasteiger partial charge in [0.2, 0.25) is 0 Å². The van der Waals surface area contributed by atoms with E-state index < -0.39 is 0 Å². The van der Waals surface area contributed by atoms with Crippen LogP contribution in [0, 0.1) is 6.92 Å². The zero-order chi connectivity index (χ0) is 18.6. The molecule has 1 aliphatic heterocycles. The van der Waals surface area contributed by atoms with Crippen molar-refractivity contribution in [1.29, 1.82) is 0 Å². The van der Waals surface area contributed by atoms with Crippen molar-refractivity contribution in [3.8, 4) is 0 Å². The van der Waals surface area contributed by atoms with E-state index >= 15 is 0 Å². The molecule has 2 amide bonds. The lowest BCUT2D eigenvalue weighted by Gasteiger charge is -2.33. The number of para-hydroxylation sites is 1. The first-order valence-electron chi connectivity index (χ1n) is 9.92. The Hall–Kier alpha value is -2.63. The van der Waals surface area contributed by atoms with Gasteiger partial charge in [0.15, 0.2) is 5.82 Å². The van der Waals surface area contributed by atoms with E-state index in [1.807, 2.05) is 31.2 Å². The highest BCUT2D eigenvalue weighted by Gasteiger charge is 2.23. The molecule has 1 aromatic heterocycles. The van der Waals surface area contributed by atoms with Crippen molar-refractivity contribution in [1.82, 2.24) is 15.5 Å². The van der Waals surface area contributed by atoms with Crippen LogP contribution in [0.5, 0.6) is 0 Å². The zero-order valence-electron chi connectivity index (χ0n) is 15.9. The summed E-state index contributed by atoms with van der Waals surface area (Å²) in [5.41, 5.74) is 4.46. The van der Waals surface area contributed by atoms with Gasteiger partial charge in [-0.2, -0.15) is 5.10 Å². The van der Waals surface area contributed by atoms with E-state index in [0.29, 0.717) is 0 Å². The first kappa shape index (κ1) is 17.8. The number of urea groups is 1. The Morgan fingerprint density at radius 1 is 1.11 bits per heavy atom. The lowest BCUT2D eigenvalue weighted by molar-refractivity contribution is 0.246. The largest absolute Gasteiger partial charge is 0.355 e. The van der Waals surface area contributed by atoms with Gasteiger partial charge in [0.05, 0.1) is 5.69 Å². The molecule has 0 bridgehead atoms. The summed E-state index contributed by atoms with van der Waals surface area (Å²) >= 11 is 0. The second kappa shape index (κ2) is 7.94. The van der Waals surface area contributed by atoms with E-state index in [4.69, 9.17) is 0 Å². The molecule has 0 unspecified atom stereocenters. The van der Waals surface area contributed by atoms with Crippen molar-refractivity contribution < 1.29 is 4.79 Å².